The van der Waals surface area contributed by atoms with Crippen molar-refractivity contribution in [3.8, 4) is 5.75 Å². The Morgan fingerprint density at radius 3 is 2.95 bits per heavy atom. The van der Waals surface area contributed by atoms with Crippen molar-refractivity contribution in [3.63, 3.8) is 0 Å². The lowest BCUT2D eigenvalue weighted by Crippen LogP contribution is -2.47. The van der Waals surface area contributed by atoms with Gasteiger partial charge in [-0.15, -0.1) is 0 Å². The molecule has 0 aliphatic heterocycles. The molecule has 114 valence electrons. The van der Waals surface area contributed by atoms with E-state index in [9.17, 15) is 5.11 Å². The lowest BCUT2D eigenvalue weighted by Gasteiger charge is -2.28. The molecule has 0 spiro atoms. The Morgan fingerprint density at radius 2 is 2.29 bits per heavy atom. The van der Waals surface area contributed by atoms with Crippen LogP contribution in [0, 0.1) is 11.8 Å². The summed E-state index contributed by atoms with van der Waals surface area (Å²) in [5.41, 5.74) is 4.54. The van der Waals surface area contributed by atoms with Gasteiger partial charge in [0.2, 0.25) is 0 Å². The van der Waals surface area contributed by atoms with Gasteiger partial charge in [0.05, 0.1) is 16.3 Å². The summed E-state index contributed by atoms with van der Waals surface area (Å²) in [4.78, 5) is 0. The second-order valence-electron chi connectivity index (χ2n) is 5.63. The Labute approximate surface area is 134 Å². The van der Waals surface area contributed by atoms with Gasteiger partial charge in [-0.3, -0.25) is 0 Å². The third-order valence-electron chi connectivity index (χ3n) is 3.46. The van der Waals surface area contributed by atoms with Gasteiger partial charge in [-0.1, -0.05) is 32.1 Å². The van der Waals surface area contributed by atoms with Gasteiger partial charge in [-0.25, -0.2) is 0 Å². The lowest BCUT2D eigenvalue weighted by atomic mass is 9.90. The maximum absolute atomic E-state index is 10.3. The number of hydrogen-bond acceptors (Lipinski definition) is 6. The van der Waals surface area contributed by atoms with E-state index < -0.39 is 5.72 Å². The molecule has 1 heterocycles. The normalized spacial score (nSPS) is 15.9. The van der Waals surface area contributed by atoms with Gasteiger partial charge in [0.1, 0.15) is 18.1 Å². The van der Waals surface area contributed by atoms with E-state index in [-0.39, 0.29) is 12.5 Å². The molecule has 2 unspecified atom stereocenters. The van der Waals surface area contributed by atoms with E-state index in [1.54, 1.807) is 11.6 Å². The smallest absolute Gasteiger partial charge is 0.148 e. The third kappa shape index (κ3) is 4.20. The maximum atomic E-state index is 10.3. The first-order chi connectivity index (χ1) is 9.93. The molecular weight excluding hydrogens is 304 g/mol. The summed E-state index contributed by atoms with van der Waals surface area (Å²) >= 11 is 6.42. The molecule has 6 heteroatoms. The Hall–Kier alpha value is -1.08. The number of fused-ring (bicyclic) bond motifs is 1. The summed E-state index contributed by atoms with van der Waals surface area (Å²) in [7, 11) is 0. The number of aromatic nitrogens is 1. The average molecular weight is 324 g/mol. The van der Waals surface area contributed by atoms with E-state index in [1.807, 2.05) is 18.2 Å². The average Bonchev–Trinajstić information content (AvgIpc) is 2.91. The number of thiocarbonyl (C=S) groups is 1. The lowest BCUT2D eigenvalue weighted by molar-refractivity contribution is -0.0160. The van der Waals surface area contributed by atoms with Crippen LogP contribution in [0.5, 0.6) is 5.75 Å². The van der Waals surface area contributed by atoms with E-state index in [0.717, 1.165) is 10.1 Å². The van der Waals surface area contributed by atoms with E-state index in [2.05, 4.69) is 18.2 Å². The Balaban J connectivity index is 2.04. The van der Waals surface area contributed by atoms with Crippen molar-refractivity contribution in [2.24, 2.45) is 17.6 Å². The van der Waals surface area contributed by atoms with Crippen LogP contribution >= 0.6 is 23.8 Å². The van der Waals surface area contributed by atoms with Gasteiger partial charge in [0.25, 0.3) is 0 Å². The monoisotopic (exact) mass is 324 g/mol. The molecule has 2 rings (SSSR count). The van der Waals surface area contributed by atoms with Crippen molar-refractivity contribution in [1.29, 1.82) is 0 Å². The summed E-state index contributed by atoms with van der Waals surface area (Å²) < 4.78 is 10.9. The van der Waals surface area contributed by atoms with E-state index in [0.29, 0.717) is 18.1 Å². The van der Waals surface area contributed by atoms with Gasteiger partial charge in [-0.2, -0.15) is 4.37 Å². The van der Waals surface area contributed by atoms with Crippen LogP contribution in [0.25, 0.3) is 10.1 Å². The number of nitrogens with two attached hydrogens (primary N) is 1. The minimum atomic E-state index is -1.41. The molecule has 2 aromatic rings. The van der Waals surface area contributed by atoms with Gasteiger partial charge in [0.15, 0.2) is 0 Å². The van der Waals surface area contributed by atoms with Crippen molar-refractivity contribution in [3.05, 3.63) is 24.4 Å². The molecule has 21 heavy (non-hydrogen) atoms. The van der Waals surface area contributed by atoms with Crippen LogP contribution < -0.4 is 10.5 Å². The summed E-state index contributed by atoms with van der Waals surface area (Å²) in [5, 5.41) is 12.9. The fourth-order valence-electron chi connectivity index (χ4n) is 2.10. The molecule has 0 amide bonds. The number of benzene rings is 1. The number of aliphatic hydroxyl groups is 1. The van der Waals surface area contributed by atoms with Crippen LogP contribution in [0.4, 0.5) is 0 Å². The molecule has 0 radical (unpaired) electrons. The standard InChI is InChI=1S/C15H20N2O2S2/c1-10(2)11(8-20)6-15(16,18)9-19-13-4-3-5-14-12(13)7-17-21-14/h3-5,7-8,10-11,18H,6,9,16H2,1-2H3. The molecule has 4 nitrogen and oxygen atoms in total. The predicted molar refractivity (Wildman–Crippen MR) is 90.9 cm³/mol. The minimum Gasteiger partial charge on any atom is -0.488 e. The molecule has 1 aromatic heterocycles. The molecule has 0 aliphatic carbocycles. The Bertz CT molecular complexity index is 610. The zero-order valence-electron chi connectivity index (χ0n) is 12.2. The molecule has 1 aromatic carbocycles. The van der Waals surface area contributed by atoms with Crippen molar-refractivity contribution < 1.29 is 9.84 Å². The van der Waals surface area contributed by atoms with Crippen LogP contribution in [0.3, 0.4) is 0 Å². The maximum Gasteiger partial charge on any atom is 0.148 e. The summed E-state index contributed by atoms with van der Waals surface area (Å²) in [6.07, 6.45) is 2.14. The molecule has 0 fully saturated rings. The molecule has 0 bridgehead atoms. The zero-order valence-corrected chi connectivity index (χ0v) is 13.8. The second kappa shape index (κ2) is 6.79. The molecule has 0 saturated carbocycles. The van der Waals surface area contributed by atoms with Crippen LogP contribution in [-0.2, 0) is 0 Å². The first-order valence-corrected chi connectivity index (χ1v) is 8.10. The fraction of sp³-hybridized carbons (Fsp3) is 0.467. The van der Waals surface area contributed by atoms with Crippen LogP contribution in [-0.4, -0.2) is 27.2 Å². The van der Waals surface area contributed by atoms with Crippen molar-refractivity contribution in [2.45, 2.75) is 26.0 Å². The van der Waals surface area contributed by atoms with Crippen molar-refractivity contribution >= 4 is 39.2 Å². The summed E-state index contributed by atoms with van der Waals surface area (Å²) in [5.74, 6) is 1.10. The third-order valence-corrected chi connectivity index (χ3v) is 4.57. The Kier molecular flexibility index (Phi) is 5.27. The van der Waals surface area contributed by atoms with E-state index in [1.165, 1.54) is 11.5 Å². The summed E-state index contributed by atoms with van der Waals surface area (Å²) in [6.45, 7) is 4.14. The minimum absolute atomic E-state index is 0.0222. The van der Waals surface area contributed by atoms with Crippen molar-refractivity contribution in [1.82, 2.24) is 4.37 Å². The SMILES string of the molecule is CC(C)C(C=S)CC(N)(O)COc1cccc2sncc12. The number of ether oxygens (including phenoxy) is 1. The number of hydrogen-bond donors (Lipinski definition) is 2. The highest BCUT2D eigenvalue weighted by molar-refractivity contribution is 7.79. The van der Waals surface area contributed by atoms with Crippen molar-refractivity contribution in [2.75, 3.05) is 6.61 Å². The second-order valence-corrected chi connectivity index (χ2v) is 6.74. The van der Waals surface area contributed by atoms with Gasteiger partial charge >= 0.3 is 0 Å². The first-order valence-electron chi connectivity index (χ1n) is 6.86. The Morgan fingerprint density at radius 1 is 1.52 bits per heavy atom. The number of rotatable bonds is 7. The topological polar surface area (TPSA) is 68.4 Å². The van der Waals surface area contributed by atoms with Crippen LogP contribution in [0.15, 0.2) is 24.4 Å². The van der Waals surface area contributed by atoms with Gasteiger partial charge in [0, 0.05) is 6.42 Å². The van der Waals surface area contributed by atoms with Crippen LogP contribution in [0.1, 0.15) is 20.3 Å². The molecule has 0 aliphatic rings. The highest BCUT2D eigenvalue weighted by Gasteiger charge is 2.28. The quantitative estimate of drug-likeness (QED) is 0.605. The molecule has 0 saturated heterocycles. The predicted octanol–water partition coefficient (Wildman–Crippen LogP) is 2.98. The van der Waals surface area contributed by atoms with Crippen LogP contribution in [0.2, 0.25) is 0 Å². The van der Waals surface area contributed by atoms with Gasteiger partial charge < -0.3 is 15.6 Å². The molecule has 2 atom stereocenters. The summed E-state index contributed by atoms with van der Waals surface area (Å²) in [6, 6.07) is 5.74. The highest BCUT2D eigenvalue weighted by Crippen LogP contribution is 2.28. The first kappa shape index (κ1) is 16.3. The number of nitrogens with zero attached hydrogens (tertiary/aromatic N) is 1. The zero-order chi connectivity index (χ0) is 15.5. The van der Waals surface area contributed by atoms with E-state index in [4.69, 9.17) is 22.7 Å². The van der Waals surface area contributed by atoms with Gasteiger partial charge in [-0.05, 0) is 40.9 Å². The molecule has 3 N–H and O–H groups in total. The molecular formula is C15H20N2O2S2. The largest absolute Gasteiger partial charge is 0.488 e. The fourth-order valence-corrected chi connectivity index (χ4v) is 3.18. The highest BCUT2D eigenvalue weighted by atomic mass is 32.1. The van der Waals surface area contributed by atoms with E-state index >= 15 is 0 Å².